The van der Waals surface area contributed by atoms with Crippen molar-refractivity contribution in [3.05, 3.63) is 146 Å². The van der Waals surface area contributed by atoms with Gasteiger partial charge in [-0.15, -0.1) is 0 Å². The van der Waals surface area contributed by atoms with Crippen LogP contribution < -0.4 is 49.1 Å². The van der Waals surface area contributed by atoms with Crippen LogP contribution in [0.25, 0.3) is 0 Å². The molecule has 0 N–H and O–H groups in total. The van der Waals surface area contributed by atoms with Crippen LogP contribution in [0, 0.1) is 0 Å². The maximum absolute atomic E-state index is 7.05. The fraction of sp³-hybridized carbons (Fsp3) is 0. The van der Waals surface area contributed by atoms with E-state index in [1.807, 2.05) is 36.4 Å². The molecule has 242 valence electrons. The Morgan fingerprint density at radius 1 is 0.288 bits per heavy atom. The van der Waals surface area contributed by atoms with Crippen LogP contribution in [0.1, 0.15) is 0 Å². The molecule has 8 nitrogen and oxygen atoms in total. The predicted octanol–water partition coefficient (Wildman–Crippen LogP) is 9.48. The molecule has 0 saturated heterocycles. The minimum atomic E-state index is -0.292. The fourth-order valence-corrected chi connectivity index (χ4v) is 9.00. The number of benzene rings is 7. The van der Waals surface area contributed by atoms with Crippen molar-refractivity contribution in [1.29, 1.82) is 0 Å². The summed E-state index contributed by atoms with van der Waals surface area (Å²) >= 11 is 0. The summed E-state index contributed by atoms with van der Waals surface area (Å²) in [7, 11) is 0. The maximum Gasteiger partial charge on any atom is 0.425 e. The summed E-state index contributed by atoms with van der Waals surface area (Å²) in [6.07, 6.45) is 0. The second-order valence-corrected chi connectivity index (χ2v) is 13.7. The summed E-state index contributed by atoms with van der Waals surface area (Å²) in [6.45, 7) is -0.584. The first-order valence-corrected chi connectivity index (χ1v) is 17.5. The third-order valence-corrected chi connectivity index (χ3v) is 11.0. The highest BCUT2D eigenvalue weighted by molar-refractivity contribution is 6.87. The van der Waals surface area contributed by atoms with Crippen molar-refractivity contribution in [3.63, 3.8) is 0 Å². The molecule has 13 rings (SSSR count). The van der Waals surface area contributed by atoms with E-state index < -0.39 is 0 Å². The third kappa shape index (κ3) is 3.25. The van der Waals surface area contributed by atoms with Gasteiger partial charge in [-0.05, 0) is 84.9 Å². The molecule has 0 unspecified atom stereocenters. The van der Waals surface area contributed by atoms with Crippen LogP contribution in [-0.2, 0) is 0 Å². The lowest BCUT2D eigenvalue weighted by atomic mass is 9.60. The van der Waals surface area contributed by atoms with Crippen molar-refractivity contribution in [2.24, 2.45) is 0 Å². The van der Waals surface area contributed by atoms with Gasteiger partial charge in [-0.25, -0.2) is 0 Å². The Balaban J connectivity index is 1.10. The summed E-state index contributed by atoms with van der Waals surface area (Å²) in [6, 6.07) is 50.1. The van der Waals surface area contributed by atoms with E-state index in [9.17, 15) is 0 Å². The van der Waals surface area contributed by atoms with Crippen molar-refractivity contribution in [1.82, 2.24) is 0 Å². The first-order chi connectivity index (χ1) is 25.8. The summed E-state index contributed by atoms with van der Waals surface area (Å²) in [5.41, 5.74) is 10.1. The lowest BCUT2D eigenvalue weighted by Gasteiger charge is -2.34. The number of rotatable bonds is 0. The molecule has 7 aromatic rings. The average molecular weight is 670 g/mol. The van der Waals surface area contributed by atoms with E-state index in [2.05, 4.69) is 128 Å². The van der Waals surface area contributed by atoms with Crippen LogP contribution in [0.4, 0.5) is 45.5 Å². The highest BCUT2D eigenvalue weighted by atomic mass is 16.5. The van der Waals surface area contributed by atoms with Gasteiger partial charge >= 0.3 is 14.0 Å². The molecule has 6 heterocycles. The maximum atomic E-state index is 7.05. The predicted molar refractivity (Wildman–Crippen MR) is 205 cm³/mol. The first-order valence-electron chi connectivity index (χ1n) is 17.5. The molecule has 0 amide bonds. The molecule has 0 aliphatic carbocycles. The van der Waals surface area contributed by atoms with E-state index in [1.165, 1.54) is 0 Å². The van der Waals surface area contributed by atoms with Crippen LogP contribution in [-0.4, -0.2) is 14.0 Å². The molecule has 0 radical (unpaired) electrons. The zero-order chi connectivity index (χ0) is 33.7. The lowest BCUT2D eigenvalue weighted by Crippen LogP contribution is -2.55. The Kier molecular flexibility index (Phi) is 4.88. The van der Waals surface area contributed by atoms with Crippen LogP contribution in [0.15, 0.2) is 146 Å². The molecule has 0 fully saturated rings. The minimum absolute atomic E-state index is 0.292. The Hall–Kier alpha value is -6.93. The molecule has 52 heavy (non-hydrogen) atoms. The van der Waals surface area contributed by atoms with Gasteiger partial charge in [-0.1, -0.05) is 60.7 Å². The molecule has 0 saturated carbocycles. The highest BCUT2D eigenvalue weighted by Crippen LogP contribution is 2.61. The van der Waals surface area contributed by atoms with Gasteiger partial charge in [-0.2, -0.15) is 0 Å². The van der Waals surface area contributed by atoms with E-state index in [1.54, 1.807) is 0 Å². The smallest absolute Gasteiger partial charge is 0.425 e. The van der Waals surface area contributed by atoms with Crippen LogP contribution in [0.2, 0.25) is 0 Å². The first kappa shape index (κ1) is 26.9. The monoisotopic (exact) mass is 670 g/mol. The SMILES string of the molecule is c1ccc2c(c1)Oc1cc3c(cc1B1N2c2cccc4c2N1c1ccccc1O4)Oc1ccccc1N1B3N2c3ccccc3Oc3cccc1c32. The topological polar surface area (TPSA) is 49.9 Å². The minimum Gasteiger partial charge on any atom is -0.456 e. The molecule has 0 atom stereocenters. The summed E-state index contributed by atoms with van der Waals surface area (Å²) in [4.78, 5) is 9.55. The number of anilines is 8. The second-order valence-electron chi connectivity index (χ2n) is 13.7. The van der Waals surface area contributed by atoms with Gasteiger partial charge in [0.05, 0.1) is 45.5 Å². The van der Waals surface area contributed by atoms with Crippen molar-refractivity contribution in [2.45, 2.75) is 0 Å². The summed E-state index contributed by atoms with van der Waals surface area (Å²) in [5.74, 6) is 6.37. The fourth-order valence-electron chi connectivity index (χ4n) is 9.00. The molecule has 6 aliphatic rings. The molecular weight excluding hydrogens is 646 g/mol. The number of ether oxygens (including phenoxy) is 4. The highest BCUT2D eigenvalue weighted by Gasteiger charge is 2.54. The Bertz CT molecular complexity index is 2550. The number of hydrogen-bond donors (Lipinski definition) is 0. The molecule has 6 aliphatic heterocycles. The van der Waals surface area contributed by atoms with E-state index in [4.69, 9.17) is 18.9 Å². The Morgan fingerprint density at radius 3 is 1.00 bits per heavy atom. The third-order valence-electron chi connectivity index (χ3n) is 11.0. The molecule has 7 aromatic carbocycles. The van der Waals surface area contributed by atoms with Gasteiger partial charge in [-0.3, -0.25) is 0 Å². The van der Waals surface area contributed by atoms with E-state index in [0.29, 0.717) is 0 Å². The second kappa shape index (κ2) is 9.44. The van der Waals surface area contributed by atoms with Gasteiger partial charge in [0.1, 0.15) is 34.5 Å². The van der Waals surface area contributed by atoms with Crippen LogP contribution in [0.3, 0.4) is 0 Å². The molecular formula is C42H24B2N4O4. The molecule has 0 spiro atoms. The normalized spacial score (nSPS) is 15.3. The number of fused-ring (bicyclic) bond motifs is 18. The quantitative estimate of drug-likeness (QED) is 0.148. The van der Waals surface area contributed by atoms with Crippen molar-refractivity contribution >= 4 is 70.4 Å². The average Bonchev–Trinajstić information content (AvgIpc) is 3.62. The van der Waals surface area contributed by atoms with Gasteiger partial charge in [0.2, 0.25) is 0 Å². The van der Waals surface area contributed by atoms with Crippen molar-refractivity contribution in [2.75, 3.05) is 19.2 Å². The standard InChI is InChI=1S/C42H24B2N4O4/c1-5-17-33-27(11-1)45-31-15-9-21-37-41(31)47(29-13-3-7-19-35(29)49-37)43(45)25-23-40-26(24-39(25)51-33)44-46(28-12-2-6-18-34(28)52-40)32-16-10-22-38-42(32)48(44)30-14-4-8-20-36(30)50-38/h1-24H. The zero-order valence-electron chi connectivity index (χ0n) is 27.4. The molecule has 0 bridgehead atoms. The number of para-hydroxylation sites is 10. The summed E-state index contributed by atoms with van der Waals surface area (Å²) < 4.78 is 27.2. The van der Waals surface area contributed by atoms with E-state index in [-0.39, 0.29) is 14.0 Å². The van der Waals surface area contributed by atoms with Crippen LogP contribution >= 0.6 is 0 Å². The number of nitrogens with zero attached hydrogens (tertiary/aromatic N) is 4. The zero-order valence-corrected chi connectivity index (χ0v) is 27.4. The largest absolute Gasteiger partial charge is 0.456 e. The number of hydrogen-bond acceptors (Lipinski definition) is 8. The van der Waals surface area contributed by atoms with Gasteiger partial charge in [0.15, 0.2) is 11.5 Å². The van der Waals surface area contributed by atoms with Crippen molar-refractivity contribution in [3.8, 4) is 46.0 Å². The molecule has 0 aromatic heterocycles. The van der Waals surface area contributed by atoms with E-state index in [0.717, 1.165) is 102 Å². The summed E-state index contributed by atoms with van der Waals surface area (Å²) in [5, 5.41) is 0. The van der Waals surface area contributed by atoms with Gasteiger partial charge < -0.3 is 38.2 Å². The van der Waals surface area contributed by atoms with Crippen molar-refractivity contribution < 1.29 is 18.9 Å². The lowest BCUT2D eigenvalue weighted by molar-refractivity contribution is 0.476. The van der Waals surface area contributed by atoms with Gasteiger partial charge in [0.25, 0.3) is 0 Å². The van der Waals surface area contributed by atoms with E-state index >= 15 is 0 Å². The van der Waals surface area contributed by atoms with Gasteiger partial charge in [0, 0.05) is 10.9 Å². The Morgan fingerprint density at radius 2 is 0.596 bits per heavy atom. The molecule has 10 heteroatoms. The Labute approximate surface area is 299 Å². The van der Waals surface area contributed by atoms with Crippen LogP contribution in [0.5, 0.6) is 46.0 Å².